The van der Waals surface area contributed by atoms with Gasteiger partial charge in [0.25, 0.3) is 0 Å². The van der Waals surface area contributed by atoms with Crippen LogP contribution in [0.3, 0.4) is 0 Å². The molecule has 5 rings (SSSR count). The summed E-state index contributed by atoms with van der Waals surface area (Å²) < 4.78 is 6.00. The van der Waals surface area contributed by atoms with Crippen molar-refractivity contribution in [1.82, 2.24) is 25.1 Å². The number of piperidine rings is 2. The van der Waals surface area contributed by atoms with Gasteiger partial charge in [0, 0.05) is 19.5 Å². The number of aromatic nitrogens is 2. The minimum absolute atomic E-state index is 0.0800. The molecule has 0 N–H and O–H groups in total. The first-order valence-electron chi connectivity index (χ1n) is 11.5. The molecule has 2 aromatic rings. The van der Waals surface area contributed by atoms with Crippen molar-refractivity contribution in [3.63, 3.8) is 0 Å². The van der Waals surface area contributed by atoms with Crippen LogP contribution >= 0.6 is 0 Å². The van der Waals surface area contributed by atoms with Crippen molar-refractivity contribution < 1.29 is 14.0 Å². The van der Waals surface area contributed by atoms with Gasteiger partial charge >= 0.3 is 6.03 Å². The lowest BCUT2D eigenvalue weighted by molar-refractivity contribution is -0.140. The van der Waals surface area contributed by atoms with Crippen LogP contribution in [0, 0.1) is 5.92 Å². The summed E-state index contributed by atoms with van der Waals surface area (Å²) in [7, 11) is 0. The molecule has 0 saturated carbocycles. The number of fused-ring (bicyclic) bond motifs is 2. The summed E-state index contributed by atoms with van der Waals surface area (Å²) in [5.74, 6) is 2.05. The topological polar surface area (TPSA) is 74.9 Å². The first-order chi connectivity index (χ1) is 15.2. The van der Waals surface area contributed by atoms with Crippen LogP contribution < -0.4 is 0 Å². The molecular formula is C23H31N5O3. The molecule has 2 atom stereocenters. The third-order valence-electron chi connectivity index (χ3n) is 6.82. The van der Waals surface area contributed by atoms with Gasteiger partial charge in [-0.05, 0) is 50.3 Å². The lowest BCUT2D eigenvalue weighted by atomic mass is 9.99. The molecule has 8 heteroatoms. The van der Waals surface area contributed by atoms with Crippen molar-refractivity contribution >= 4 is 6.03 Å². The number of nitrogens with zero attached hydrogens (tertiary/aromatic N) is 5. The molecule has 8 nitrogen and oxygen atoms in total. The van der Waals surface area contributed by atoms with Crippen LogP contribution in [0.4, 0.5) is 4.79 Å². The number of carbonyl (C=O) groups is 1. The van der Waals surface area contributed by atoms with Gasteiger partial charge in [-0.2, -0.15) is 5.06 Å². The molecule has 4 heterocycles. The lowest BCUT2D eigenvalue weighted by Gasteiger charge is -2.29. The standard InChI is InChI=1S/C23H31N5O3/c1-17-9-12-26(13-10-17)14-11-21-24-25-22(31-21)20-8-7-19-15-27(20)23(29)28(19)30-16-18-5-3-2-4-6-18/h2-6,17,19-20H,7-16H2,1H3/t19-,20+/m1/s1. The third kappa shape index (κ3) is 4.45. The van der Waals surface area contributed by atoms with E-state index in [1.165, 1.54) is 12.8 Å². The fourth-order valence-electron chi connectivity index (χ4n) is 4.81. The molecule has 3 aliphatic rings. The van der Waals surface area contributed by atoms with Gasteiger partial charge in [0.15, 0.2) is 0 Å². The van der Waals surface area contributed by atoms with E-state index in [0.717, 1.165) is 50.4 Å². The van der Waals surface area contributed by atoms with Crippen LogP contribution in [-0.2, 0) is 17.9 Å². The lowest BCUT2D eigenvalue weighted by Crippen LogP contribution is -2.34. The SMILES string of the molecule is CC1CCN(CCc2nnc([C@@H]3CC[C@@H]4CN3C(=O)N4OCc3ccccc3)o2)CC1. The molecule has 2 amide bonds. The summed E-state index contributed by atoms with van der Waals surface area (Å²) in [5.41, 5.74) is 1.05. The molecule has 31 heavy (non-hydrogen) atoms. The molecule has 0 spiro atoms. The number of hydrogen-bond donors (Lipinski definition) is 0. The van der Waals surface area contributed by atoms with Gasteiger partial charge in [-0.3, -0.25) is 4.84 Å². The zero-order valence-corrected chi connectivity index (χ0v) is 18.2. The smallest absolute Gasteiger partial charge is 0.345 e. The van der Waals surface area contributed by atoms with E-state index >= 15 is 0 Å². The summed E-state index contributed by atoms with van der Waals surface area (Å²) in [6, 6.07) is 9.73. The number of hydroxylamine groups is 2. The molecule has 1 aromatic heterocycles. The maximum absolute atomic E-state index is 13.0. The zero-order chi connectivity index (χ0) is 21.2. The molecule has 0 aliphatic carbocycles. The fraction of sp³-hybridized carbons (Fsp3) is 0.609. The Balaban J connectivity index is 1.17. The van der Waals surface area contributed by atoms with Crippen LogP contribution in [0.5, 0.6) is 0 Å². The fourth-order valence-corrected chi connectivity index (χ4v) is 4.81. The molecule has 166 valence electrons. The Morgan fingerprint density at radius 1 is 1.10 bits per heavy atom. The second-order valence-corrected chi connectivity index (χ2v) is 9.07. The Morgan fingerprint density at radius 2 is 1.90 bits per heavy atom. The molecule has 3 saturated heterocycles. The summed E-state index contributed by atoms with van der Waals surface area (Å²) in [4.78, 5) is 23.2. The van der Waals surface area contributed by atoms with Crippen molar-refractivity contribution in [2.45, 2.75) is 57.7 Å². The average molecular weight is 426 g/mol. The Kier molecular flexibility index (Phi) is 5.91. The highest BCUT2D eigenvalue weighted by Crippen LogP contribution is 2.38. The van der Waals surface area contributed by atoms with E-state index in [0.29, 0.717) is 24.9 Å². The first-order valence-corrected chi connectivity index (χ1v) is 11.5. The number of hydrogen-bond acceptors (Lipinski definition) is 6. The van der Waals surface area contributed by atoms with Crippen LogP contribution in [0.1, 0.15) is 56.0 Å². The van der Waals surface area contributed by atoms with Gasteiger partial charge in [0.2, 0.25) is 11.8 Å². The Morgan fingerprint density at radius 3 is 2.71 bits per heavy atom. The summed E-state index contributed by atoms with van der Waals surface area (Å²) in [6.45, 7) is 6.60. The predicted molar refractivity (Wildman–Crippen MR) is 114 cm³/mol. The zero-order valence-electron chi connectivity index (χ0n) is 18.2. The maximum atomic E-state index is 13.0. The van der Waals surface area contributed by atoms with E-state index in [1.807, 2.05) is 35.2 Å². The number of rotatable bonds is 7. The number of likely N-dealkylation sites (tertiary alicyclic amines) is 1. The highest BCUT2D eigenvalue weighted by molar-refractivity contribution is 5.77. The molecular weight excluding hydrogens is 394 g/mol. The van der Waals surface area contributed by atoms with Gasteiger partial charge < -0.3 is 14.2 Å². The molecule has 0 unspecified atom stereocenters. The minimum atomic E-state index is -0.161. The first kappa shape index (κ1) is 20.5. The van der Waals surface area contributed by atoms with Crippen LogP contribution in [0.15, 0.2) is 34.7 Å². The Bertz CT molecular complexity index is 880. The number of amides is 2. The van der Waals surface area contributed by atoms with Crippen LogP contribution in [0.25, 0.3) is 0 Å². The molecule has 1 aromatic carbocycles. The molecule has 3 fully saturated rings. The number of carbonyl (C=O) groups excluding carboxylic acids is 1. The highest BCUT2D eigenvalue weighted by Gasteiger charge is 2.47. The van der Waals surface area contributed by atoms with Gasteiger partial charge in [0.05, 0.1) is 6.04 Å². The van der Waals surface area contributed by atoms with Crippen LogP contribution in [0.2, 0.25) is 0 Å². The van der Waals surface area contributed by atoms with Gasteiger partial charge in [-0.15, -0.1) is 10.2 Å². The van der Waals surface area contributed by atoms with E-state index in [4.69, 9.17) is 9.25 Å². The third-order valence-corrected chi connectivity index (χ3v) is 6.82. The maximum Gasteiger partial charge on any atom is 0.345 e. The van der Waals surface area contributed by atoms with Crippen molar-refractivity contribution in [2.24, 2.45) is 5.92 Å². The van der Waals surface area contributed by atoms with E-state index in [1.54, 1.807) is 5.06 Å². The van der Waals surface area contributed by atoms with Crippen molar-refractivity contribution in [1.29, 1.82) is 0 Å². The molecule has 3 aliphatic heterocycles. The predicted octanol–water partition coefficient (Wildman–Crippen LogP) is 3.42. The van der Waals surface area contributed by atoms with E-state index in [9.17, 15) is 4.79 Å². The summed E-state index contributed by atoms with van der Waals surface area (Å²) in [6.07, 6.45) is 4.96. The normalized spacial score (nSPS) is 24.9. The second-order valence-electron chi connectivity index (χ2n) is 9.07. The van der Waals surface area contributed by atoms with Gasteiger partial charge in [-0.1, -0.05) is 37.3 Å². The van der Waals surface area contributed by atoms with Gasteiger partial charge in [0.1, 0.15) is 12.6 Å². The Hall–Kier alpha value is -2.45. The minimum Gasteiger partial charge on any atom is -0.423 e. The number of urea groups is 1. The number of benzene rings is 1. The Labute approximate surface area is 183 Å². The van der Waals surface area contributed by atoms with Crippen molar-refractivity contribution in [3.8, 4) is 0 Å². The molecule has 0 radical (unpaired) electrons. The van der Waals surface area contributed by atoms with Crippen molar-refractivity contribution in [2.75, 3.05) is 26.2 Å². The summed E-state index contributed by atoms with van der Waals surface area (Å²) in [5, 5.41) is 10.1. The highest BCUT2D eigenvalue weighted by atomic mass is 16.7. The van der Waals surface area contributed by atoms with Crippen LogP contribution in [-0.4, -0.2) is 63.3 Å². The summed E-state index contributed by atoms with van der Waals surface area (Å²) >= 11 is 0. The monoisotopic (exact) mass is 425 g/mol. The average Bonchev–Trinajstić information content (AvgIpc) is 3.36. The van der Waals surface area contributed by atoms with Crippen molar-refractivity contribution in [3.05, 3.63) is 47.7 Å². The largest absolute Gasteiger partial charge is 0.423 e. The second kappa shape index (κ2) is 8.96. The van der Waals surface area contributed by atoms with E-state index < -0.39 is 0 Å². The van der Waals surface area contributed by atoms with E-state index in [-0.39, 0.29) is 18.1 Å². The van der Waals surface area contributed by atoms with E-state index in [2.05, 4.69) is 22.0 Å². The quantitative estimate of drug-likeness (QED) is 0.677. The molecule has 2 bridgehead atoms. The van der Waals surface area contributed by atoms with Gasteiger partial charge in [-0.25, -0.2) is 4.79 Å².